The predicted molar refractivity (Wildman–Crippen MR) is 81.5 cm³/mol. The van der Waals surface area contributed by atoms with Crippen molar-refractivity contribution in [2.45, 2.75) is 25.7 Å². The van der Waals surface area contributed by atoms with Crippen molar-refractivity contribution in [3.63, 3.8) is 0 Å². The Morgan fingerprint density at radius 1 is 1.30 bits per heavy atom. The lowest BCUT2D eigenvalue weighted by Gasteiger charge is -2.21. The van der Waals surface area contributed by atoms with Crippen LogP contribution in [0.3, 0.4) is 0 Å². The van der Waals surface area contributed by atoms with Crippen molar-refractivity contribution >= 4 is 23.2 Å². The Morgan fingerprint density at radius 2 is 2.00 bits per heavy atom. The molecule has 0 saturated carbocycles. The largest absolute Gasteiger partial charge is 0.497 e. The highest BCUT2D eigenvalue weighted by Crippen LogP contribution is 2.26. The molecule has 0 atom stereocenters. The Hall–Kier alpha value is -1.42. The zero-order chi connectivity index (χ0) is 14.4. The minimum Gasteiger partial charge on any atom is -0.497 e. The SMILES string of the molecule is COc1ccc(Cl)c(NCC(=O)N2CCCCCC2)c1. The van der Waals surface area contributed by atoms with E-state index in [-0.39, 0.29) is 12.5 Å². The maximum absolute atomic E-state index is 12.2. The number of nitrogens with zero attached hydrogens (tertiary/aromatic N) is 1. The van der Waals surface area contributed by atoms with E-state index >= 15 is 0 Å². The molecule has 1 aromatic carbocycles. The minimum atomic E-state index is 0.130. The van der Waals surface area contributed by atoms with Gasteiger partial charge in [-0.25, -0.2) is 0 Å². The summed E-state index contributed by atoms with van der Waals surface area (Å²) in [5, 5.41) is 3.69. The van der Waals surface area contributed by atoms with Crippen LogP contribution in [0.4, 0.5) is 5.69 Å². The van der Waals surface area contributed by atoms with Gasteiger partial charge in [-0.2, -0.15) is 0 Å². The summed E-state index contributed by atoms with van der Waals surface area (Å²) in [4.78, 5) is 14.1. The third kappa shape index (κ3) is 4.04. The summed E-state index contributed by atoms with van der Waals surface area (Å²) in [6.45, 7) is 2.01. The second-order valence-corrected chi connectivity index (χ2v) is 5.40. The van der Waals surface area contributed by atoms with Crippen LogP contribution in [0, 0.1) is 0 Å². The van der Waals surface area contributed by atoms with Gasteiger partial charge in [0.1, 0.15) is 5.75 Å². The van der Waals surface area contributed by atoms with Gasteiger partial charge in [-0.05, 0) is 25.0 Å². The first-order valence-electron chi connectivity index (χ1n) is 7.06. The number of likely N-dealkylation sites (tertiary alicyclic amines) is 1. The van der Waals surface area contributed by atoms with E-state index in [0.717, 1.165) is 37.4 Å². The first kappa shape index (κ1) is 15.0. The highest BCUT2D eigenvalue weighted by molar-refractivity contribution is 6.33. The van der Waals surface area contributed by atoms with Crippen molar-refractivity contribution in [3.05, 3.63) is 23.2 Å². The van der Waals surface area contributed by atoms with E-state index in [4.69, 9.17) is 16.3 Å². The molecule has 0 bridgehead atoms. The Morgan fingerprint density at radius 3 is 2.65 bits per heavy atom. The molecule has 1 saturated heterocycles. The molecule has 0 unspecified atom stereocenters. The van der Waals surface area contributed by atoms with E-state index in [1.807, 2.05) is 4.90 Å². The number of carbonyl (C=O) groups excluding carboxylic acids is 1. The van der Waals surface area contributed by atoms with Gasteiger partial charge in [0.15, 0.2) is 0 Å². The fourth-order valence-electron chi connectivity index (χ4n) is 2.37. The summed E-state index contributed by atoms with van der Waals surface area (Å²) < 4.78 is 5.16. The molecule has 4 nitrogen and oxygen atoms in total. The maximum atomic E-state index is 12.2. The van der Waals surface area contributed by atoms with Crippen molar-refractivity contribution in [1.82, 2.24) is 4.90 Å². The van der Waals surface area contributed by atoms with Crippen LogP contribution in [0.5, 0.6) is 5.75 Å². The lowest BCUT2D eigenvalue weighted by Crippen LogP contribution is -2.36. The standard InChI is InChI=1S/C15H21ClN2O2/c1-20-12-6-7-13(16)14(10-12)17-11-15(19)18-8-4-2-3-5-9-18/h6-7,10,17H,2-5,8-9,11H2,1H3. The van der Waals surface area contributed by atoms with Gasteiger partial charge in [0.25, 0.3) is 0 Å². The fraction of sp³-hybridized carbons (Fsp3) is 0.533. The number of hydrogen-bond acceptors (Lipinski definition) is 3. The van der Waals surface area contributed by atoms with Gasteiger partial charge < -0.3 is 15.0 Å². The van der Waals surface area contributed by atoms with Gasteiger partial charge in [-0.1, -0.05) is 24.4 Å². The summed E-state index contributed by atoms with van der Waals surface area (Å²) in [6.07, 6.45) is 4.65. The zero-order valence-corrected chi connectivity index (χ0v) is 12.6. The second kappa shape index (κ2) is 7.39. The summed E-state index contributed by atoms with van der Waals surface area (Å²) in [6, 6.07) is 5.36. The number of hydrogen-bond donors (Lipinski definition) is 1. The van der Waals surface area contributed by atoms with Crippen molar-refractivity contribution in [2.24, 2.45) is 0 Å². The molecule has 2 rings (SSSR count). The number of carbonyl (C=O) groups is 1. The fourth-order valence-corrected chi connectivity index (χ4v) is 2.55. The highest BCUT2D eigenvalue weighted by atomic mass is 35.5. The van der Waals surface area contributed by atoms with E-state index in [2.05, 4.69) is 5.32 Å². The topological polar surface area (TPSA) is 41.6 Å². The van der Waals surface area contributed by atoms with Crippen LogP contribution in [-0.2, 0) is 4.79 Å². The molecule has 110 valence electrons. The number of anilines is 1. The lowest BCUT2D eigenvalue weighted by atomic mass is 10.2. The van der Waals surface area contributed by atoms with Crippen LogP contribution in [0.2, 0.25) is 5.02 Å². The molecule has 20 heavy (non-hydrogen) atoms. The molecule has 1 aromatic rings. The molecule has 0 aliphatic carbocycles. The molecule has 0 spiro atoms. The van der Waals surface area contributed by atoms with Crippen LogP contribution in [-0.4, -0.2) is 37.6 Å². The molecule has 0 aromatic heterocycles. The average Bonchev–Trinajstić information content (AvgIpc) is 2.75. The quantitative estimate of drug-likeness (QED) is 0.928. The average molecular weight is 297 g/mol. The van der Waals surface area contributed by atoms with Crippen LogP contribution in [0.1, 0.15) is 25.7 Å². The Kier molecular flexibility index (Phi) is 5.53. The van der Waals surface area contributed by atoms with Crippen molar-refractivity contribution in [1.29, 1.82) is 0 Å². The molecular formula is C15H21ClN2O2. The molecule has 5 heteroatoms. The van der Waals surface area contributed by atoms with Gasteiger partial charge in [0.2, 0.25) is 5.91 Å². The van der Waals surface area contributed by atoms with Crippen LogP contribution in [0.15, 0.2) is 18.2 Å². The Bertz CT molecular complexity index is 457. The molecule has 1 amide bonds. The number of nitrogens with one attached hydrogen (secondary N) is 1. The Balaban J connectivity index is 1.92. The van der Waals surface area contributed by atoms with Gasteiger partial charge in [0.05, 0.1) is 24.4 Å². The monoisotopic (exact) mass is 296 g/mol. The van der Waals surface area contributed by atoms with E-state index in [1.54, 1.807) is 25.3 Å². The number of benzene rings is 1. The zero-order valence-electron chi connectivity index (χ0n) is 11.8. The summed E-state index contributed by atoms with van der Waals surface area (Å²) in [5.74, 6) is 0.852. The molecule has 0 radical (unpaired) electrons. The van der Waals surface area contributed by atoms with Gasteiger partial charge in [-0.3, -0.25) is 4.79 Å². The second-order valence-electron chi connectivity index (χ2n) is 4.99. The van der Waals surface area contributed by atoms with Crippen LogP contribution in [0.25, 0.3) is 0 Å². The first-order chi connectivity index (χ1) is 9.70. The number of rotatable bonds is 4. The molecule has 1 heterocycles. The minimum absolute atomic E-state index is 0.130. The summed E-state index contributed by atoms with van der Waals surface area (Å²) in [5.41, 5.74) is 0.731. The molecular weight excluding hydrogens is 276 g/mol. The highest BCUT2D eigenvalue weighted by Gasteiger charge is 2.15. The van der Waals surface area contributed by atoms with Gasteiger partial charge in [-0.15, -0.1) is 0 Å². The van der Waals surface area contributed by atoms with E-state index in [0.29, 0.717) is 5.02 Å². The van der Waals surface area contributed by atoms with Crippen LogP contribution >= 0.6 is 11.6 Å². The molecule has 1 fully saturated rings. The van der Waals surface area contributed by atoms with Gasteiger partial charge >= 0.3 is 0 Å². The number of methoxy groups -OCH3 is 1. The van der Waals surface area contributed by atoms with E-state index in [9.17, 15) is 4.79 Å². The van der Waals surface area contributed by atoms with Crippen molar-refractivity contribution in [2.75, 3.05) is 32.1 Å². The smallest absolute Gasteiger partial charge is 0.241 e. The molecule has 1 aliphatic rings. The summed E-state index contributed by atoms with van der Waals surface area (Å²) in [7, 11) is 1.61. The third-order valence-electron chi connectivity index (χ3n) is 3.56. The third-order valence-corrected chi connectivity index (χ3v) is 3.89. The number of amides is 1. The van der Waals surface area contributed by atoms with E-state index in [1.165, 1.54) is 12.8 Å². The first-order valence-corrected chi connectivity index (χ1v) is 7.43. The lowest BCUT2D eigenvalue weighted by molar-refractivity contribution is -0.129. The van der Waals surface area contributed by atoms with Crippen molar-refractivity contribution < 1.29 is 9.53 Å². The van der Waals surface area contributed by atoms with Crippen molar-refractivity contribution in [3.8, 4) is 5.75 Å². The summed E-state index contributed by atoms with van der Waals surface area (Å²) >= 11 is 6.11. The number of halogens is 1. The predicted octanol–water partition coefficient (Wildman–Crippen LogP) is 3.16. The number of ether oxygens (including phenoxy) is 1. The normalized spacial score (nSPS) is 15.6. The maximum Gasteiger partial charge on any atom is 0.241 e. The van der Waals surface area contributed by atoms with Crippen LogP contribution < -0.4 is 10.1 Å². The molecule has 1 aliphatic heterocycles. The van der Waals surface area contributed by atoms with Gasteiger partial charge in [0, 0.05) is 19.2 Å². The van der Waals surface area contributed by atoms with E-state index < -0.39 is 0 Å². The molecule has 1 N–H and O–H groups in total. The Labute approximate surface area is 125 Å².